The minimum atomic E-state index is -0.721. The van der Waals surface area contributed by atoms with E-state index in [1.54, 1.807) is 60.7 Å². The van der Waals surface area contributed by atoms with Crippen molar-refractivity contribution >= 4 is 57.1 Å². The van der Waals surface area contributed by atoms with Crippen molar-refractivity contribution in [1.82, 2.24) is 30.0 Å². The molecule has 0 spiro atoms. The van der Waals surface area contributed by atoms with Crippen LogP contribution in [0.15, 0.2) is 94.5 Å². The van der Waals surface area contributed by atoms with E-state index in [4.69, 9.17) is 11.6 Å². The van der Waals surface area contributed by atoms with Gasteiger partial charge in [0.15, 0.2) is 0 Å². The standard InChI is InChI=1S/C30H24ClFN8O4/c31-19-11-7-17(8-12-19)15-39(29(43)35-23-5-1-3-21-25(23)37-27(41)33-21)40(16-18-9-13-20(32)14-10-18)30(44)36-24-6-2-4-22-26(24)38-28(42)34-22/h1-14H,15-16H2,(H,35,43)(H,36,44)(H2,33,37,41)(H2,34,38,42). The smallest absolute Gasteiger partial charge is 0.306 e. The highest BCUT2D eigenvalue weighted by atomic mass is 35.5. The van der Waals surface area contributed by atoms with E-state index < -0.39 is 29.3 Å². The van der Waals surface area contributed by atoms with Crippen LogP contribution in [-0.2, 0) is 13.1 Å². The van der Waals surface area contributed by atoms with Gasteiger partial charge in [-0.15, -0.1) is 0 Å². The van der Waals surface area contributed by atoms with Crippen molar-refractivity contribution in [3.8, 4) is 0 Å². The predicted molar refractivity (Wildman–Crippen MR) is 165 cm³/mol. The number of amides is 4. The zero-order chi connectivity index (χ0) is 30.8. The second-order valence-electron chi connectivity index (χ2n) is 9.84. The summed E-state index contributed by atoms with van der Waals surface area (Å²) in [6.45, 7) is -0.222. The first-order valence-corrected chi connectivity index (χ1v) is 13.7. The monoisotopic (exact) mass is 614 g/mol. The molecule has 6 N–H and O–H groups in total. The summed E-state index contributed by atoms with van der Waals surface area (Å²) < 4.78 is 13.8. The van der Waals surface area contributed by atoms with Gasteiger partial charge in [-0.3, -0.25) is 0 Å². The van der Waals surface area contributed by atoms with Crippen LogP contribution in [0.4, 0.5) is 25.4 Å². The highest BCUT2D eigenvalue weighted by Gasteiger charge is 2.28. The number of benzene rings is 4. The number of rotatable bonds is 6. The lowest BCUT2D eigenvalue weighted by molar-refractivity contribution is 0.0468. The van der Waals surface area contributed by atoms with Crippen LogP contribution in [0.25, 0.3) is 22.1 Å². The molecule has 0 fully saturated rings. The first-order valence-electron chi connectivity index (χ1n) is 13.3. The van der Waals surface area contributed by atoms with E-state index in [1.807, 2.05) is 0 Å². The van der Waals surface area contributed by atoms with Crippen LogP contribution >= 0.6 is 11.6 Å². The Bertz CT molecular complexity index is 1950. The van der Waals surface area contributed by atoms with Crippen LogP contribution in [0.2, 0.25) is 5.02 Å². The molecular formula is C30H24ClFN8O4. The summed E-state index contributed by atoms with van der Waals surface area (Å²) in [7, 11) is 0. The second-order valence-corrected chi connectivity index (χ2v) is 10.3. The Morgan fingerprint density at radius 3 is 1.52 bits per heavy atom. The number of para-hydroxylation sites is 2. The fourth-order valence-corrected chi connectivity index (χ4v) is 4.87. The van der Waals surface area contributed by atoms with Crippen molar-refractivity contribution < 1.29 is 14.0 Å². The van der Waals surface area contributed by atoms with Crippen LogP contribution in [0.5, 0.6) is 0 Å². The van der Waals surface area contributed by atoms with Gasteiger partial charge < -0.3 is 30.6 Å². The third-order valence-electron chi connectivity index (χ3n) is 6.84. The number of aromatic amines is 4. The number of carbonyl (C=O) groups is 2. The quantitative estimate of drug-likeness (QED) is 0.137. The second kappa shape index (κ2) is 11.8. The predicted octanol–water partition coefficient (Wildman–Crippen LogP) is 5.50. The third kappa shape index (κ3) is 6.03. The van der Waals surface area contributed by atoms with Gasteiger partial charge in [-0.25, -0.2) is 33.6 Å². The fourth-order valence-electron chi connectivity index (χ4n) is 4.74. The maximum atomic E-state index is 14.0. The Labute approximate surface area is 252 Å². The lowest BCUT2D eigenvalue weighted by Crippen LogP contribution is -2.52. The molecule has 12 nitrogen and oxygen atoms in total. The van der Waals surface area contributed by atoms with Gasteiger partial charge in [0.2, 0.25) is 0 Å². The highest BCUT2D eigenvalue weighted by molar-refractivity contribution is 6.30. The average molecular weight is 615 g/mol. The maximum absolute atomic E-state index is 14.0. The normalized spacial score (nSPS) is 11.0. The van der Waals surface area contributed by atoms with Crippen molar-refractivity contribution in [2.24, 2.45) is 0 Å². The van der Waals surface area contributed by atoms with E-state index in [0.717, 1.165) is 0 Å². The van der Waals surface area contributed by atoms with Crippen molar-refractivity contribution in [2.75, 3.05) is 10.6 Å². The van der Waals surface area contributed by atoms with E-state index in [2.05, 4.69) is 30.6 Å². The summed E-state index contributed by atoms with van der Waals surface area (Å²) in [5.74, 6) is -0.461. The van der Waals surface area contributed by atoms with Gasteiger partial charge in [0.25, 0.3) is 0 Å². The largest absolute Gasteiger partial charge is 0.341 e. The first-order chi connectivity index (χ1) is 21.2. The van der Waals surface area contributed by atoms with Gasteiger partial charge in [0, 0.05) is 5.02 Å². The van der Waals surface area contributed by atoms with Crippen molar-refractivity contribution in [3.05, 3.63) is 128 Å². The molecular weight excluding hydrogens is 591 g/mol. The van der Waals surface area contributed by atoms with Gasteiger partial charge >= 0.3 is 23.4 Å². The number of hydrogen-bond acceptors (Lipinski definition) is 4. The Hall–Kier alpha value is -5.82. The van der Waals surface area contributed by atoms with E-state index in [0.29, 0.717) is 43.9 Å². The maximum Gasteiger partial charge on any atom is 0.341 e. The number of fused-ring (bicyclic) bond motifs is 2. The van der Waals surface area contributed by atoms with Crippen molar-refractivity contribution in [2.45, 2.75) is 13.1 Å². The fraction of sp³-hybridized carbons (Fsp3) is 0.0667. The number of aromatic nitrogens is 4. The van der Waals surface area contributed by atoms with Crippen LogP contribution in [0, 0.1) is 5.82 Å². The number of anilines is 2. The zero-order valence-electron chi connectivity index (χ0n) is 22.8. The molecule has 4 amide bonds. The molecule has 44 heavy (non-hydrogen) atoms. The van der Waals surface area contributed by atoms with Crippen LogP contribution in [0.3, 0.4) is 0 Å². The summed E-state index contributed by atoms with van der Waals surface area (Å²) in [5.41, 5.74) is 2.54. The number of hydrogen-bond donors (Lipinski definition) is 6. The molecule has 0 radical (unpaired) electrons. The summed E-state index contributed by atoms with van der Waals surface area (Å²) in [4.78, 5) is 62.6. The van der Waals surface area contributed by atoms with Crippen LogP contribution in [-0.4, -0.2) is 42.0 Å². The number of imidazole rings is 2. The summed E-state index contributed by atoms with van der Waals surface area (Å²) in [5, 5.41) is 8.42. The SMILES string of the molecule is O=C(Nc1cccc2[nH]c(=O)[nH]c12)N(Cc1ccc(F)cc1)N(Cc1ccc(Cl)cc1)C(=O)Nc1cccc2[nH]c(=O)[nH]c12. The van der Waals surface area contributed by atoms with Gasteiger partial charge in [0.1, 0.15) is 5.82 Å². The molecule has 0 bridgehead atoms. The molecule has 2 aromatic heterocycles. The van der Waals surface area contributed by atoms with E-state index in [1.165, 1.54) is 34.3 Å². The topological polar surface area (TPSA) is 162 Å². The van der Waals surface area contributed by atoms with Crippen LogP contribution in [0.1, 0.15) is 11.1 Å². The molecule has 222 valence electrons. The molecule has 0 aliphatic heterocycles. The number of hydrazine groups is 1. The Morgan fingerprint density at radius 1 is 0.636 bits per heavy atom. The number of carbonyl (C=O) groups excluding carboxylic acids is 2. The Kier molecular flexibility index (Phi) is 7.60. The molecule has 14 heteroatoms. The Morgan fingerprint density at radius 2 is 1.07 bits per heavy atom. The lowest BCUT2D eigenvalue weighted by Gasteiger charge is -2.35. The number of H-pyrrole nitrogens is 4. The number of nitrogens with zero attached hydrogens (tertiary/aromatic N) is 2. The minimum absolute atomic E-state index is 0.0809. The molecule has 0 atom stereocenters. The zero-order valence-corrected chi connectivity index (χ0v) is 23.5. The van der Waals surface area contributed by atoms with E-state index in [-0.39, 0.29) is 18.8 Å². The summed E-state index contributed by atoms with van der Waals surface area (Å²) in [6, 6.07) is 20.7. The molecule has 6 rings (SSSR count). The molecule has 0 aliphatic carbocycles. The lowest BCUT2D eigenvalue weighted by atomic mass is 10.2. The third-order valence-corrected chi connectivity index (χ3v) is 7.09. The van der Waals surface area contributed by atoms with Gasteiger partial charge in [-0.2, -0.15) is 0 Å². The molecule has 0 saturated carbocycles. The van der Waals surface area contributed by atoms with E-state index >= 15 is 0 Å². The molecule has 6 aromatic rings. The van der Waals surface area contributed by atoms with Gasteiger partial charge in [-0.05, 0) is 59.7 Å². The average Bonchev–Trinajstić information content (AvgIpc) is 3.58. The summed E-state index contributed by atoms with van der Waals surface area (Å²) >= 11 is 6.09. The van der Waals surface area contributed by atoms with Crippen molar-refractivity contribution in [1.29, 1.82) is 0 Å². The molecule has 0 saturated heterocycles. The molecule has 0 unspecified atom stereocenters. The Balaban J connectivity index is 1.41. The minimum Gasteiger partial charge on any atom is -0.306 e. The van der Waals surface area contributed by atoms with Crippen LogP contribution < -0.4 is 22.0 Å². The summed E-state index contributed by atoms with van der Waals surface area (Å²) in [6.07, 6.45) is 0. The number of nitrogens with one attached hydrogen (secondary N) is 6. The van der Waals surface area contributed by atoms with E-state index in [9.17, 15) is 23.6 Å². The highest BCUT2D eigenvalue weighted by Crippen LogP contribution is 2.24. The molecule has 2 heterocycles. The molecule has 0 aliphatic rings. The molecule has 4 aromatic carbocycles. The van der Waals surface area contributed by atoms with Crippen molar-refractivity contribution in [3.63, 3.8) is 0 Å². The number of urea groups is 2. The van der Waals surface area contributed by atoms with Gasteiger partial charge in [0.05, 0.1) is 46.5 Å². The van der Waals surface area contributed by atoms with Gasteiger partial charge in [-0.1, -0.05) is 48.0 Å². The first kappa shape index (κ1) is 28.3. The number of halogens is 2.